The summed E-state index contributed by atoms with van der Waals surface area (Å²) in [6, 6.07) is 15.3. The topological polar surface area (TPSA) is 12.5 Å². The highest BCUT2D eigenvalue weighted by Crippen LogP contribution is 2.37. The van der Waals surface area contributed by atoms with E-state index in [1.165, 1.54) is 22.5 Å². The maximum atomic E-state index is 5.83. The third-order valence-corrected chi connectivity index (χ3v) is 4.46. The Bertz CT molecular complexity index is 618. The lowest BCUT2D eigenvalue weighted by Crippen LogP contribution is -2.14. The second kappa shape index (κ2) is 5.80. The van der Waals surface area contributed by atoms with Gasteiger partial charge in [0.2, 0.25) is 0 Å². The van der Waals surface area contributed by atoms with Crippen LogP contribution in [0.25, 0.3) is 0 Å². The van der Waals surface area contributed by atoms with Crippen LogP contribution in [0.3, 0.4) is 0 Å². The molecule has 2 aromatic rings. The standard InChI is InChI=1S/C19H23NO/c1-4-15-5-7-16(8-6-15)20(3)17-9-10-18-14(2)11-12-21-19(18)13-17/h5-10,13-14H,4,11-12H2,1-3H3. The lowest BCUT2D eigenvalue weighted by atomic mass is 9.95. The van der Waals surface area contributed by atoms with Crippen molar-refractivity contribution in [2.75, 3.05) is 18.6 Å². The quantitative estimate of drug-likeness (QED) is 0.793. The van der Waals surface area contributed by atoms with E-state index in [2.05, 4.69) is 68.3 Å². The first kappa shape index (κ1) is 14.0. The van der Waals surface area contributed by atoms with Gasteiger partial charge in [-0.25, -0.2) is 0 Å². The molecule has 1 atom stereocenters. The third kappa shape index (κ3) is 2.76. The SMILES string of the molecule is CCc1ccc(N(C)c2ccc3c(c2)OCCC3C)cc1. The van der Waals surface area contributed by atoms with Crippen molar-refractivity contribution in [3.05, 3.63) is 53.6 Å². The van der Waals surface area contributed by atoms with Crippen molar-refractivity contribution in [1.82, 2.24) is 0 Å². The second-order valence-electron chi connectivity index (χ2n) is 5.84. The molecule has 1 unspecified atom stereocenters. The molecule has 0 saturated carbocycles. The second-order valence-corrected chi connectivity index (χ2v) is 5.84. The molecule has 2 nitrogen and oxygen atoms in total. The average molecular weight is 281 g/mol. The van der Waals surface area contributed by atoms with Crippen molar-refractivity contribution in [3.63, 3.8) is 0 Å². The highest BCUT2D eigenvalue weighted by Gasteiger charge is 2.18. The zero-order chi connectivity index (χ0) is 14.8. The van der Waals surface area contributed by atoms with Gasteiger partial charge in [-0.2, -0.15) is 0 Å². The Labute approximate surface area is 127 Å². The Morgan fingerprint density at radius 1 is 1.10 bits per heavy atom. The van der Waals surface area contributed by atoms with E-state index in [9.17, 15) is 0 Å². The van der Waals surface area contributed by atoms with E-state index >= 15 is 0 Å². The Morgan fingerprint density at radius 2 is 1.81 bits per heavy atom. The predicted molar refractivity (Wildman–Crippen MR) is 88.9 cm³/mol. The number of fused-ring (bicyclic) bond motifs is 1. The van der Waals surface area contributed by atoms with Crippen LogP contribution >= 0.6 is 0 Å². The highest BCUT2D eigenvalue weighted by atomic mass is 16.5. The molecular weight excluding hydrogens is 258 g/mol. The van der Waals surface area contributed by atoms with E-state index in [4.69, 9.17) is 4.74 Å². The average Bonchev–Trinajstić information content (AvgIpc) is 2.54. The molecule has 21 heavy (non-hydrogen) atoms. The smallest absolute Gasteiger partial charge is 0.124 e. The predicted octanol–water partition coefficient (Wildman–Crippen LogP) is 4.90. The van der Waals surface area contributed by atoms with Crippen molar-refractivity contribution >= 4 is 11.4 Å². The van der Waals surface area contributed by atoms with Gasteiger partial charge in [0.05, 0.1) is 6.61 Å². The Morgan fingerprint density at radius 3 is 2.52 bits per heavy atom. The fourth-order valence-corrected chi connectivity index (χ4v) is 2.87. The highest BCUT2D eigenvalue weighted by molar-refractivity contribution is 5.65. The van der Waals surface area contributed by atoms with Gasteiger partial charge >= 0.3 is 0 Å². The fourth-order valence-electron chi connectivity index (χ4n) is 2.87. The summed E-state index contributed by atoms with van der Waals surface area (Å²) in [5.41, 5.74) is 5.08. The molecule has 0 fully saturated rings. The van der Waals surface area contributed by atoms with Gasteiger partial charge in [0, 0.05) is 24.5 Å². The minimum Gasteiger partial charge on any atom is -0.493 e. The van der Waals surface area contributed by atoms with Crippen molar-refractivity contribution in [2.45, 2.75) is 32.6 Å². The van der Waals surface area contributed by atoms with E-state index in [0.717, 1.165) is 25.2 Å². The normalized spacial score (nSPS) is 17.0. The first-order chi connectivity index (χ1) is 10.2. The summed E-state index contributed by atoms with van der Waals surface area (Å²) < 4.78 is 5.83. The molecule has 0 bridgehead atoms. The van der Waals surface area contributed by atoms with Crippen LogP contribution in [0.2, 0.25) is 0 Å². The van der Waals surface area contributed by atoms with Gasteiger partial charge in [0.25, 0.3) is 0 Å². The summed E-state index contributed by atoms with van der Waals surface area (Å²) in [5.74, 6) is 1.64. The third-order valence-electron chi connectivity index (χ3n) is 4.46. The number of rotatable bonds is 3. The minimum absolute atomic E-state index is 0.594. The Kier molecular flexibility index (Phi) is 3.87. The Balaban J connectivity index is 1.88. The van der Waals surface area contributed by atoms with Gasteiger partial charge < -0.3 is 9.64 Å². The maximum Gasteiger partial charge on any atom is 0.124 e. The van der Waals surface area contributed by atoms with Gasteiger partial charge in [-0.05, 0) is 48.1 Å². The first-order valence-electron chi connectivity index (χ1n) is 7.78. The minimum atomic E-state index is 0.594. The van der Waals surface area contributed by atoms with E-state index in [0.29, 0.717) is 5.92 Å². The van der Waals surface area contributed by atoms with E-state index in [1.807, 2.05) is 0 Å². The van der Waals surface area contributed by atoms with Gasteiger partial charge in [0.15, 0.2) is 0 Å². The number of benzene rings is 2. The van der Waals surface area contributed by atoms with Crippen LogP contribution in [0.15, 0.2) is 42.5 Å². The molecule has 1 heterocycles. The van der Waals surface area contributed by atoms with E-state index < -0.39 is 0 Å². The van der Waals surface area contributed by atoms with Crippen molar-refractivity contribution in [2.24, 2.45) is 0 Å². The number of anilines is 2. The molecule has 1 aliphatic heterocycles. The maximum absolute atomic E-state index is 5.83. The largest absolute Gasteiger partial charge is 0.493 e. The van der Waals surface area contributed by atoms with E-state index in [1.54, 1.807) is 0 Å². The summed E-state index contributed by atoms with van der Waals surface area (Å²) >= 11 is 0. The van der Waals surface area contributed by atoms with Gasteiger partial charge in [-0.3, -0.25) is 0 Å². The van der Waals surface area contributed by atoms with E-state index in [-0.39, 0.29) is 0 Å². The fraction of sp³-hybridized carbons (Fsp3) is 0.368. The number of hydrogen-bond acceptors (Lipinski definition) is 2. The van der Waals surface area contributed by atoms with Crippen molar-refractivity contribution < 1.29 is 4.74 Å². The van der Waals surface area contributed by atoms with Crippen molar-refractivity contribution in [1.29, 1.82) is 0 Å². The molecule has 3 rings (SSSR count). The zero-order valence-electron chi connectivity index (χ0n) is 13.1. The van der Waals surface area contributed by atoms with Gasteiger partial charge in [-0.1, -0.05) is 32.0 Å². The molecule has 110 valence electrons. The molecule has 2 aromatic carbocycles. The first-order valence-corrected chi connectivity index (χ1v) is 7.78. The van der Waals surface area contributed by atoms with Crippen LogP contribution in [0.5, 0.6) is 5.75 Å². The van der Waals surface area contributed by atoms with Gasteiger partial charge in [0.1, 0.15) is 5.75 Å². The summed E-state index contributed by atoms with van der Waals surface area (Å²) in [7, 11) is 2.11. The molecule has 0 radical (unpaired) electrons. The van der Waals surface area contributed by atoms with Crippen LogP contribution in [-0.4, -0.2) is 13.7 Å². The molecule has 0 saturated heterocycles. The molecule has 0 aliphatic carbocycles. The molecular formula is C19H23NO. The number of nitrogens with zero attached hydrogens (tertiary/aromatic N) is 1. The molecule has 0 aromatic heterocycles. The monoisotopic (exact) mass is 281 g/mol. The molecule has 1 aliphatic rings. The van der Waals surface area contributed by atoms with Crippen molar-refractivity contribution in [3.8, 4) is 5.75 Å². The molecule has 0 spiro atoms. The lowest BCUT2D eigenvalue weighted by Gasteiger charge is -2.26. The molecule has 0 amide bonds. The zero-order valence-corrected chi connectivity index (χ0v) is 13.1. The Hall–Kier alpha value is -1.96. The van der Waals surface area contributed by atoms with Gasteiger partial charge in [-0.15, -0.1) is 0 Å². The van der Waals surface area contributed by atoms with Crippen LogP contribution in [0, 0.1) is 0 Å². The van der Waals surface area contributed by atoms with Crippen LogP contribution in [-0.2, 0) is 6.42 Å². The summed E-state index contributed by atoms with van der Waals surface area (Å²) in [6.45, 7) is 5.28. The van der Waals surface area contributed by atoms with Crippen LogP contribution in [0.1, 0.15) is 37.3 Å². The summed E-state index contributed by atoms with van der Waals surface area (Å²) in [5, 5.41) is 0. The molecule has 2 heteroatoms. The number of hydrogen-bond donors (Lipinski definition) is 0. The van der Waals surface area contributed by atoms with Crippen LogP contribution < -0.4 is 9.64 Å². The van der Waals surface area contributed by atoms with Crippen LogP contribution in [0.4, 0.5) is 11.4 Å². The molecule has 0 N–H and O–H groups in total. The number of aryl methyl sites for hydroxylation is 1. The number of ether oxygens (including phenoxy) is 1. The summed E-state index contributed by atoms with van der Waals surface area (Å²) in [4.78, 5) is 2.21. The lowest BCUT2D eigenvalue weighted by molar-refractivity contribution is 0.272. The summed E-state index contributed by atoms with van der Waals surface area (Å²) in [6.07, 6.45) is 2.19.